The third kappa shape index (κ3) is 2.54. The van der Waals surface area contributed by atoms with Crippen molar-refractivity contribution in [2.75, 3.05) is 5.75 Å². The maximum Gasteiger partial charge on any atom is 0.236 e. The Kier molecular flexibility index (Phi) is 3.80. The van der Waals surface area contributed by atoms with Gasteiger partial charge in [-0.1, -0.05) is 12.8 Å². The van der Waals surface area contributed by atoms with Gasteiger partial charge >= 0.3 is 0 Å². The molecule has 1 aliphatic heterocycles. The molecule has 2 fully saturated rings. The van der Waals surface area contributed by atoms with Crippen LogP contribution >= 0.6 is 11.8 Å². The maximum atomic E-state index is 12.1. The maximum absolute atomic E-state index is 12.1. The zero-order valence-electron chi connectivity index (χ0n) is 9.87. The fourth-order valence-corrected chi connectivity index (χ4v) is 3.78. The van der Waals surface area contributed by atoms with Crippen molar-refractivity contribution in [2.45, 2.75) is 62.3 Å². The van der Waals surface area contributed by atoms with Crippen LogP contribution in [-0.4, -0.2) is 33.7 Å². The molecular weight excluding hydrogens is 222 g/mol. The number of rotatable bonds is 2. The number of carbonyl (C=O) groups excluding carboxylic acids is 1. The molecule has 16 heavy (non-hydrogen) atoms. The Morgan fingerprint density at radius 1 is 1.38 bits per heavy atom. The molecular formula is C12H21NO2S. The van der Waals surface area contributed by atoms with E-state index in [1.54, 1.807) is 11.8 Å². The summed E-state index contributed by atoms with van der Waals surface area (Å²) in [5.74, 6) is 1.21. The Bertz CT molecular complexity index is 264. The van der Waals surface area contributed by atoms with Crippen molar-refractivity contribution in [3.8, 4) is 0 Å². The summed E-state index contributed by atoms with van der Waals surface area (Å²) in [5.41, 5.74) is 0. The van der Waals surface area contributed by atoms with Crippen LogP contribution in [0.2, 0.25) is 0 Å². The van der Waals surface area contributed by atoms with Gasteiger partial charge in [-0.25, -0.2) is 0 Å². The molecule has 2 rings (SSSR count). The monoisotopic (exact) mass is 243 g/mol. The molecule has 0 radical (unpaired) electrons. The van der Waals surface area contributed by atoms with E-state index in [2.05, 4.69) is 5.32 Å². The first kappa shape index (κ1) is 12.2. The Balaban J connectivity index is 1.90. The van der Waals surface area contributed by atoms with Crippen LogP contribution < -0.4 is 5.32 Å². The third-order valence-electron chi connectivity index (χ3n) is 3.75. The SMILES string of the molecule is CC1(C(=O)N[C@H]2CCCC[C@@H]2O)CCCS1. The first-order chi connectivity index (χ1) is 7.62. The summed E-state index contributed by atoms with van der Waals surface area (Å²) >= 11 is 1.75. The van der Waals surface area contributed by atoms with Gasteiger partial charge in [0.2, 0.25) is 5.91 Å². The number of aliphatic hydroxyl groups excluding tert-OH is 1. The quantitative estimate of drug-likeness (QED) is 0.776. The van der Waals surface area contributed by atoms with Gasteiger partial charge in [-0.15, -0.1) is 11.8 Å². The standard InChI is InChI=1S/C12H21NO2S/c1-12(7-4-8-16-12)11(15)13-9-5-2-3-6-10(9)14/h9-10,14H,2-8H2,1H3,(H,13,15)/t9-,10-,12?/m0/s1. The number of aliphatic hydroxyl groups is 1. The second kappa shape index (κ2) is 4.96. The van der Waals surface area contributed by atoms with Crippen molar-refractivity contribution in [3.63, 3.8) is 0 Å². The van der Waals surface area contributed by atoms with E-state index < -0.39 is 0 Å². The van der Waals surface area contributed by atoms with Crippen LogP contribution in [0.5, 0.6) is 0 Å². The smallest absolute Gasteiger partial charge is 0.236 e. The molecule has 4 heteroatoms. The van der Waals surface area contributed by atoms with Gasteiger partial charge in [0.1, 0.15) is 0 Å². The summed E-state index contributed by atoms with van der Waals surface area (Å²) < 4.78 is -0.253. The first-order valence-corrected chi connectivity index (χ1v) is 7.23. The van der Waals surface area contributed by atoms with Gasteiger partial charge in [0, 0.05) is 0 Å². The second-order valence-corrected chi connectivity index (χ2v) is 6.71. The molecule has 3 atom stereocenters. The lowest BCUT2D eigenvalue weighted by Crippen LogP contribution is -2.51. The zero-order chi connectivity index (χ0) is 11.6. The van der Waals surface area contributed by atoms with E-state index in [0.29, 0.717) is 0 Å². The van der Waals surface area contributed by atoms with Crippen LogP contribution in [0.4, 0.5) is 0 Å². The van der Waals surface area contributed by atoms with Crippen LogP contribution in [0, 0.1) is 0 Å². The number of nitrogens with one attached hydrogen (secondary N) is 1. The van der Waals surface area contributed by atoms with Crippen molar-refractivity contribution >= 4 is 17.7 Å². The number of hydrogen-bond donors (Lipinski definition) is 2. The minimum absolute atomic E-state index is 0.0146. The zero-order valence-corrected chi connectivity index (χ0v) is 10.7. The van der Waals surface area contributed by atoms with Crippen molar-refractivity contribution in [1.29, 1.82) is 0 Å². The highest BCUT2D eigenvalue weighted by atomic mass is 32.2. The molecule has 0 aromatic heterocycles. The Labute approximate surface area is 101 Å². The van der Waals surface area contributed by atoms with E-state index in [9.17, 15) is 9.90 Å². The minimum Gasteiger partial charge on any atom is -0.391 e. The summed E-state index contributed by atoms with van der Waals surface area (Å²) in [4.78, 5) is 12.1. The van der Waals surface area contributed by atoms with Crippen LogP contribution in [0.1, 0.15) is 45.4 Å². The molecule has 2 N–H and O–H groups in total. The molecule has 92 valence electrons. The Morgan fingerprint density at radius 2 is 2.12 bits per heavy atom. The molecule has 0 bridgehead atoms. The number of carbonyl (C=O) groups is 1. The van der Waals surface area contributed by atoms with Gasteiger partial charge in [-0.2, -0.15) is 0 Å². The third-order valence-corrected chi connectivity index (χ3v) is 5.26. The van der Waals surface area contributed by atoms with Gasteiger partial charge in [-0.3, -0.25) is 4.79 Å². The molecule has 0 spiro atoms. The molecule has 2 aliphatic rings. The largest absolute Gasteiger partial charge is 0.391 e. The van der Waals surface area contributed by atoms with Crippen molar-refractivity contribution < 1.29 is 9.90 Å². The summed E-state index contributed by atoms with van der Waals surface area (Å²) in [7, 11) is 0. The molecule has 0 aromatic carbocycles. The fraction of sp³-hybridized carbons (Fsp3) is 0.917. The van der Waals surface area contributed by atoms with Gasteiger partial charge in [0.25, 0.3) is 0 Å². The van der Waals surface area contributed by atoms with Crippen LogP contribution in [0.15, 0.2) is 0 Å². The van der Waals surface area contributed by atoms with Crippen LogP contribution in [0.25, 0.3) is 0 Å². The first-order valence-electron chi connectivity index (χ1n) is 6.25. The molecule has 1 saturated heterocycles. The molecule has 1 saturated carbocycles. The van der Waals surface area contributed by atoms with E-state index in [-0.39, 0.29) is 22.8 Å². The molecule has 0 aromatic rings. The van der Waals surface area contributed by atoms with E-state index in [1.165, 1.54) is 0 Å². The van der Waals surface area contributed by atoms with Crippen molar-refractivity contribution in [1.82, 2.24) is 5.32 Å². The number of amides is 1. The lowest BCUT2D eigenvalue weighted by molar-refractivity contribution is -0.125. The molecule has 1 heterocycles. The normalized spacial score (nSPS) is 39.6. The summed E-state index contributed by atoms with van der Waals surface area (Å²) in [6.07, 6.45) is 5.70. The Morgan fingerprint density at radius 3 is 2.75 bits per heavy atom. The molecule has 1 aliphatic carbocycles. The molecule has 1 amide bonds. The summed E-state index contributed by atoms with van der Waals surface area (Å²) in [5, 5.41) is 12.9. The predicted octanol–water partition coefficient (Wildman–Crippen LogP) is 1.69. The topological polar surface area (TPSA) is 49.3 Å². The Hall–Kier alpha value is -0.220. The van der Waals surface area contributed by atoms with Crippen molar-refractivity contribution in [3.05, 3.63) is 0 Å². The average Bonchev–Trinajstić information content (AvgIpc) is 2.70. The highest BCUT2D eigenvalue weighted by Gasteiger charge is 2.39. The van der Waals surface area contributed by atoms with Gasteiger partial charge < -0.3 is 10.4 Å². The van der Waals surface area contributed by atoms with E-state index in [1.807, 2.05) is 6.92 Å². The summed E-state index contributed by atoms with van der Waals surface area (Å²) in [6, 6.07) is -0.0146. The highest BCUT2D eigenvalue weighted by Crippen LogP contribution is 2.38. The fourth-order valence-electron chi connectivity index (χ4n) is 2.56. The number of hydrogen-bond acceptors (Lipinski definition) is 3. The van der Waals surface area contributed by atoms with Gasteiger partial charge in [0.15, 0.2) is 0 Å². The highest BCUT2D eigenvalue weighted by molar-refractivity contribution is 8.01. The van der Waals surface area contributed by atoms with E-state index in [4.69, 9.17) is 0 Å². The summed E-state index contributed by atoms with van der Waals surface area (Å²) in [6.45, 7) is 2.02. The minimum atomic E-state index is -0.340. The number of thioether (sulfide) groups is 1. The van der Waals surface area contributed by atoms with Crippen molar-refractivity contribution in [2.24, 2.45) is 0 Å². The van der Waals surface area contributed by atoms with E-state index >= 15 is 0 Å². The van der Waals surface area contributed by atoms with Crippen LogP contribution in [-0.2, 0) is 4.79 Å². The van der Waals surface area contributed by atoms with E-state index in [0.717, 1.165) is 44.3 Å². The predicted molar refractivity (Wildman–Crippen MR) is 66.5 cm³/mol. The molecule has 3 nitrogen and oxygen atoms in total. The molecule has 1 unspecified atom stereocenters. The average molecular weight is 243 g/mol. The lowest BCUT2D eigenvalue weighted by Gasteiger charge is -2.31. The second-order valence-electron chi connectivity index (χ2n) is 5.11. The van der Waals surface area contributed by atoms with Crippen LogP contribution in [0.3, 0.4) is 0 Å². The lowest BCUT2D eigenvalue weighted by atomic mass is 9.92. The van der Waals surface area contributed by atoms with Gasteiger partial charge in [-0.05, 0) is 38.4 Å². The van der Waals surface area contributed by atoms with Gasteiger partial charge in [0.05, 0.1) is 16.9 Å².